The number of para-hydroxylation sites is 1. The number of piperidine rings is 1. The highest BCUT2D eigenvalue weighted by molar-refractivity contribution is 7.09. The summed E-state index contributed by atoms with van der Waals surface area (Å²) in [5.41, 5.74) is 4.94. The van der Waals surface area contributed by atoms with Crippen LogP contribution in [0.4, 0.5) is 0 Å². The van der Waals surface area contributed by atoms with Gasteiger partial charge >= 0.3 is 0 Å². The van der Waals surface area contributed by atoms with Crippen LogP contribution in [-0.2, 0) is 4.79 Å². The minimum Gasteiger partial charge on any atom is -0.491 e. The summed E-state index contributed by atoms with van der Waals surface area (Å²) in [6.07, 6.45) is 1.65. The van der Waals surface area contributed by atoms with E-state index in [0.29, 0.717) is 25.4 Å². The molecule has 1 aromatic heterocycles. The molecule has 1 atom stereocenters. The Bertz CT molecular complexity index is 1260. The first-order chi connectivity index (χ1) is 18.2. The van der Waals surface area contributed by atoms with Crippen molar-refractivity contribution in [2.75, 3.05) is 26.3 Å². The first-order valence-corrected chi connectivity index (χ1v) is 14.0. The van der Waals surface area contributed by atoms with Gasteiger partial charge in [0.05, 0.1) is 11.0 Å². The number of rotatable bonds is 9. The minimum atomic E-state index is -0.193. The largest absolute Gasteiger partial charge is 0.491 e. The van der Waals surface area contributed by atoms with Crippen LogP contribution in [0.5, 0.6) is 11.5 Å². The highest BCUT2D eigenvalue weighted by Crippen LogP contribution is 2.30. The fraction of sp³-hybridized carbons (Fsp3) is 0.433. The molecule has 0 aliphatic carbocycles. The Hall–Kier alpha value is -3.39. The standard InChI is InChI=1S/C30H37N3O4S/c1-19-9-10-25(15-22(19)4)36-17-27(34)33-13-11-24(12-14-33)30-32-26(18-38-30)29(35)31-23(5)16-37-28-20(2)7-6-8-21(28)3/h6-10,15,18,23-24H,11-14,16-17H2,1-5H3,(H,31,35). The Balaban J connectivity index is 1.22. The van der Waals surface area contributed by atoms with Crippen LogP contribution in [0.3, 0.4) is 0 Å². The molecule has 1 unspecified atom stereocenters. The van der Waals surface area contributed by atoms with Crippen molar-refractivity contribution in [2.45, 2.75) is 59.4 Å². The number of likely N-dealkylation sites (tertiary alicyclic amines) is 1. The van der Waals surface area contributed by atoms with Gasteiger partial charge in [0.25, 0.3) is 11.8 Å². The fourth-order valence-corrected chi connectivity index (χ4v) is 5.54. The van der Waals surface area contributed by atoms with Crippen molar-refractivity contribution in [3.05, 3.63) is 74.7 Å². The first-order valence-electron chi connectivity index (χ1n) is 13.1. The van der Waals surface area contributed by atoms with Gasteiger partial charge in [-0.15, -0.1) is 11.3 Å². The van der Waals surface area contributed by atoms with Crippen LogP contribution in [0.2, 0.25) is 0 Å². The number of nitrogens with zero attached hydrogens (tertiary/aromatic N) is 2. The molecule has 2 aromatic carbocycles. The van der Waals surface area contributed by atoms with Crippen LogP contribution in [0, 0.1) is 27.7 Å². The number of nitrogens with one attached hydrogen (secondary N) is 1. The van der Waals surface area contributed by atoms with Crippen molar-refractivity contribution in [3.8, 4) is 11.5 Å². The van der Waals surface area contributed by atoms with E-state index in [1.807, 2.05) is 74.4 Å². The molecule has 38 heavy (non-hydrogen) atoms. The molecule has 3 aromatic rings. The number of hydrogen-bond acceptors (Lipinski definition) is 6. The summed E-state index contributed by atoms with van der Waals surface area (Å²) in [7, 11) is 0. The van der Waals surface area contributed by atoms with Crippen LogP contribution in [0.25, 0.3) is 0 Å². The molecule has 1 aliphatic rings. The van der Waals surface area contributed by atoms with E-state index in [4.69, 9.17) is 9.47 Å². The SMILES string of the molecule is Cc1ccc(OCC(=O)N2CCC(c3nc(C(=O)NC(C)COc4c(C)cccc4C)cs3)CC2)cc1C. The molecule has 0 bridgehead atoms. The molecule has 8 heteroatoms. The van der Waals surface area contributed by atoms with Crippen molar-refractivity contribution >= 4 is 23.2 Å². The Kier molecular flexibility index (Phi) is 9.05. The van der Waals surface area contributed by atoms with E-state index >= 15 is 0 Å². The monoisotopic (exact) mass is 535 g/mol. The van der Waals surface area contributed by atoms with Crippen LogP contribution in [0.1, 0.15) is 63.4 Å². The zero-order valence-electron chi connectivity index (χ0n) is 22.9. The molecule has 0 spiro atoms. The lowest BCUT2D eigenvalue weighted by Gasteiger charge is -2.31. The molecule has 1 fully saturated rings. The normalized spacial score (nSPS) is 14.7. The Morgan fingerprint density at radius 2 is 1.74 bits per heavy atom. The summed E-state index contributed by atoms with van der Waals surface area (Å²) in [6, 6.07) is 11.7. The van der Waals surface area contributed by atoms with Gasteiger partial charge < -0.3 is 19.7 Å². The maximum atomic E-state index is 12.8. The zero-order chi connectivity index (χ0) is 27.2. The number of amides is 2. The molecule has 4 rings (SSSR count). The lowest BCUT2D eigenvalue weighted by molar-refractivity contribution is -0.134. The van der Waals surface area contributed by atoms with Gasteiger partial charge in [0.15, 0.2) is 6.61 Å². The molecule has 2 amide bonds. The highest BCUT2D eigenvalue weighted by atomic mass is 32.1. The number of aromatic nitrogens is 1. The number of carbonyl (C=O) groups excluding carboxylic acids is 2. The molecule has 202 valence electrons. The predicted molar refractivity (Wildman–Crippen MR) is 150 cm³/mol. The number of ether oxygens (including phenoxy) is 2. The topological polar surface area (TPSA) is 80.8 Å². The van der Waals surface area contributed by atoms with Crippen LogP contribution < -0.4 is 14.8 Å². The Labute approximate surface area is 229 Å². The predicted octanol–water partition coefficient (Wildman–Crippen LogP) is 5.36. The van der Waals surface area contributed by atoms with Crippen LogP contribution in [-0.4, -0.2) is 54.0 Å². The summed E-state index contributed by atoms with van der Waals surface area (Å²) < 4.78 is 11.7. The molecule has 1 aliphatic heterocycles. The van der Waals surface area contributed by atoms with Crippen molar-refractivity contribution in [1.29, 1.82) is 0 Å². The average Bonchev–Trinajstić information content (AvgIpc) is 3.40. The van der Waals surface area contributed by atoms with E-state index in [2.05, 4.69) is 17.2 Å². The molecular formula is C30H37N3O4S. The van der Waals surface area contributed by atoms with Crippen molar-refractivity contribution in [1.82, 2.24) is 15.2 Å². The molecule has 0 saturated carbocycles. The van der Waals surface area contributed by atoms with Gasteiger partial charge in [0.1, 0.15) is 23.8 Å². The van der Waals surface area contributed by atoms with Gasteiger partial charge in [-0.3, -0.25) is 9.59 Å². The summed E-state index contributed by atoms with van der Waals surface area (Å²) in [4.78, 5) is 31.9. The fourth-order valence-electron chi connectivity index (χ4n) is 4.57. The van der Waals surface area contributed by atoms with Crippen molar-refractivity contribution < 1.29 is 19.1 Å². The number of carbonyl (C=O) groups is 2. The van der Waals surface area contributed by atoms with Crippen molar-refractivity contribution in [2.24, 2.45) is 0 Å². The van der Waals surface area contributed by atoms with Gasteiger partial charge in [0, 0.05) is 24.4 Å². The maximum absolute atomic E-state index is 12.8. The second-order valence-corrected chi connectivity index (χ2v) is 11.1. The second-order valence-electron chi connectivity index (χ2n) is 10.2. The molecular weight excluding hydrogens is 498 g/mol. The van der Waals surface area contributed by atoms with E-state index in [1.165, 1.54) is 16.9 Å². The van der Waals surface area contributed by atoms with E-state index < -0.39 is 0 Å². The number of aryl methyl sites for hydroxylation is 4. The minimum absolute atomic E-state index is 0.00187. The average molecular weight is 536 g/mol. The van der Waals surface area contributed by atoms with E-state index in [0.717, 1.165) is 46.0 Å². The number of thiazole rings is 1. The quantitative estimate of drug-likeness (QED) is 0.399. The Morgan fingerprint density at radius 3 is 2.42 bits per heavy atom. The third-order valence-corrected chi connectivity index (χ3v) is 8.06. The number of benzene rings is 2. The summed E-state index contributed by atoms with van der Waals surface area (Å²) in [5.74, 6) is 1.64. The molecule has 2 heterocycles. The zero-order valence-corrected chi connectivity index (χ0v) is 23.7. The lowest BCUT2D eigenvalue weighted by atomic mass is 9.97. The lowest BCUT2D eigenvalue weighted by Crippen LogP contribution is -2.40. The highest BCUT2D eigenvalue weighted by Gasteiger charge is 2.27. The van der Waals surface area contributed by atoms with E-state index in [-0.39, 0.29) is 30.4 Å². The van der Waals surface area contributed by atoms with Crippen LogP contribution >= 0.6 is 11.3 Å². The maximum Gasteiger partial charge on any atom is 0.271 e. The first kappa shape index (κ1) is 27.6. The third-order valence-electron chi connectivity index (χ3n) is 7.06. The summed E-state index contributed by atoms with van der Waals surface area (Å²) in [5, 5.41) is 5.76. The van der Waals surface area contributed by atoms with Crippen LogP contribution in [0.15, 0.2) is 41.8 Å². The van der Waals surface area contributed by atoms with Gasteiger partial charge in [0.2, 0.25) is 0 Å². The van der Waals surface area contributed by atoms with E-state index in [9.17, 15) is 9.59 Å². The Morgan fingerprint density at radius 1 is 1.03 bits per heavy atom. The van der Waals surface area contributed by atoms with Gasteiger partial charge in [-0.2, -0.15) is 0 Å². The summed E-state index contributed by atoms with van der Waals surface area (Å²) in [6.45, 7) is 11.8. The van der Waals surface area contributed by atoms with E-state index in [1.54, 1.807) is 0 Å². The smallest absolute Gasteiger partial charge is 0.271 e. The van der Waals surface area contributed by atoms with Crippen molar-refractivity contribution in [3.63, 3.8) is 0 Å². The molecule has 1 saturated heterocycles. The molecule has 1 N–H and O–H groups in total. The number of hydrogen-bond donors (Lipinski definition) is 1. The molecule has 7 nitrogen and oxygen atoms in total. The molecule has 0 radical (unpaired) electrons. The van der Waals surface area contributed by atoms with Gasteiger partial charge in [-0.1, -0.05) is 24.3 Å². The summed E-state index contributed by atoms with van der Waals surface area (Å²) >= 11 is 1.51. The second kappa shape index (κ2) is 12.4. The van der Waals surface area contributed by atoms with Gasteiger partial charge in [-0.05, 0) is 81.8 Å². The third kappa shape index (κ3) is 6.92. The van der Waals surface area contributed by atoms with Gasteiger partial charge in [-0.25, -0.2) is 4.98 Å².